The number of amides is 2. The number of anilines is 3. The van der Waals surface area contributed by atoms with Gasteiger partial charge in [0.05, 0.1) is 4.90 Å². The summed E-state index contributed by atoms with van der Waals surface area (Å²) in [7, 11) is -3.76. The fourth-order valence-electron chi connectivity index (χ4n) is 2.66. The third kappa shape index (κ3) is 4.46. The molecule has 142 valence electrons. The normalized spacial score (nSPS) is 13.7. The number of carbonyl (C=O) groups is 2. The molecule has 2 aromatic carbocycles. The van der Waals surface area contributed by atoms with Gasteiger partial charge in [0, 0.05) is 29.4 Å². The van der Waals surface area contributed by atoms with E-state index in [1.165, 1.54) is 12.1 Å². The number of sulfonamides is 1. The minimum absolute atomic E-state index is 0.0412. The van der Waals surface area contributed by atoms with Crippen molar-refractivity contribution < 1.29 is 18.0 Å². The molecule has 0 atom stereocenters. The summed E-state index contributed by atoms with van der Waals surface area (Å²) in [6.07, 6.45) is 0.952. The van der Waals surface area contributed by atoms with Crippen LogP contribution >= 0.6 is 0 Å². The SMILES string of the molecule is CC(C)C(=O)Nc1ccc(S(=O)(=O)Nc2ccc3c(c2)CCC(=O)N3)cc1. The third-order valence-electron chi connectivity index (χ3n) is 4.21. The first-order valence-electron chi connectivity index (χ1n) is 8.61. The number of aryl methyl sites for hydroxylation is 1. The summed E-state index contributed by atoms with van der Waals surface area (Å²) in [5.41, 5.74) is 2.57. The molecule has 1 aliphatic rings. The highest BCUT2D eigenvalue weighted by atomic mass is 32.2. The Morgan fingerprint density at radius 2 is 1.70 bits per heavy atom. The van der Waals surface area contributed by atoms with E-state index >= 15 is 0 Å². The van der Waals surface area contributed by atoms with Gasteiger partial charge in [0.25, 0.3) is 10.0 Å². The van der Waals surface area contributed by atoms with Gasteiger partial charge in [-0.2, -0.15) is 0 Å². The maximum atomic E-state index is 12.6. The van der Waals surface area contributed by atoms with Crippen LogP contribution in [0, 0.1) is 5.92 Å². The maximum Gasteiger partial charge on any atom is 0.261 e. The van der Waals surface area contributed by atoms with Crippen molar-refractivity contribution in [2.45, 2.75) is 31.6 Å². The monoisotopic (exact) mass is 387 g/mol. The van der Waals surface area contributed by atoms with Crippen LogP contribution in [0.5, 0.6) is 0 Å². The number of benzene rings is 2. The van der Waals surface area contributed by atoms with Crippen LogP contribution < -0.4 is 15.4 Å². The lowest BCUT2D eigenvalue weighted by molar-refractivity contribution is -0.119. The highest BCUT2D eigenvalue weighted by Gasteiger charge is 2.18. The average molecular weight is 387 g/mol. The minimum Gasteiger partial charge on any atom is -0.326 e. The molecule has 0 fully saturated rings. The highest BCUT2D eigenvalue weighted by Crippen LogP contribution is 2.27. The lowest BCUT2D eigenvalue weighted by Gasteiger charge is -2.18. The van der Waals surface area contributed by atoms with Gasteiger partial charge in [-0.1, -0.05) is 13.8 Å². The first-order valence-corrected chi connectivity index (χ1v) is 10.1. The van der Waals surface area contributed by atoms with Crippen LogP contribution in [0.4, 0.5) is 17.1 Å². The van der Waals surface area contributed by atoms with Crippen molar-refractivity contribution in [2.24, 2.45) is 5.92 Å². The molecular weight excluding hydrogens is 366 g/mol. The Morgan fingerprint density at radius 3 is 2.37 bits per heavy atom. The van der Waals surface area contributed by atoms with Crippen LogP contribution in [-0.2, 0) is 26.0 Å². The maximum absolute atomic E-state index is 12.6. The molecule has 0 saturated heterocycles. The zero-order chi connectivity index (χ0) is 19.6. The van der Waals surface area contributed by atoms with Crippen molar-refractivity contribution in [3.05, 3.63) is 48.0 Å². The number of carbonyl (C=O) groups excluding carboxylic acids is 2. The van der Waals surface area contributed by atoms with Crippen LogP contribution in [0.2, 0.25) is 0 Å². The van der Waals surface area contributed by atoms with Gasteiger partial charge >= 0.3 is 0 Å². The average Bonchev–Trinajstić information content (AvgIpc) is 2.62. The van der Waals surface area contributed by atoms with Crippen molar-refractivity contribution in [3.8, 4) is 0 Å². The Hall–Kier alpha value is -2.87. The van der Waals surface area contributed by atoms with E-state index in [2.05, 4.69) is 15.4 Å². The quantitative estimate of drug-likeness (QED) is 0.733. The van der Waals surface area contributed by atoms with E-state index in [-0.39, 0.29) is 22.6 Å². The van der Waals surface area contributed by atoms with Gasteiger partial charge in [0.15, 0.2) is 0 Å². The summed E-state index contributed by atoms with van der Waals surface area (Å²) in [4.78, 5) is 23.2. The van der Waals surface area contributed by atoms with E-state index in [4.69, 9.17) is 0 Å². The molecule has 2 amide bonds. The zero-order valence-electron chi connectivity index (χ0n) is 15.1. The summed E-state index contributed by atoms with van der Waals surface area (Å²) in [6.45, 7) is 3.56. The van der Waals surface area contributed by atoms with Gasteiger partial charge in [0.1, 0.15) is 0 Å². The highest BCUT2D eigenvalue weighted by molar-refractivity contribution is 7.92. The molecule has 0 aromatic heterocycles. The Labute approximate surface area is 158 Å². The smallest absolute Gasteiger partial charge is 0.261 e. The summed E-state index contributed by atoms with van der Waals surface area (Å²) in [6, 6.07) is 11.0. The van der Waals surface area contributed by atoms with Gasteiger partial charge in [-0.25, -0.2) is 8.42 Å². The predicted octanol–water partition coefficient (Wildman–Crippen LogP) is 2.97. The van der Waals surface area contributed by atoms with E-state index in [1.54, 1.807) is 44.2 Å². The molecule has 27 heavy (non-hydrogen) atoms. The summed E-state index contributed by atoms with van der Waals surface area (Å²) in [5, 5.41) is 5.48. The lowest BCUT2D eigenvalue weighted by Crippen LogP contribution is -2.19. The first kappa shape index (κ1) is 18.9. The molecule has 0 radical (unpaired) electrons. The molecule has 0 aliphatic carbocycles. The number of rotatable bonds is 5. The number of fused-ring (bicyclic) bond motifs is 1. The number of hydrogen-bond donors (Lipinski definition) is 3. The second-order valence-electron chi connectivity index (χ2n) is 6.69. The van der Waals surface area contributed by atoms with E-state index in [1.807, 2.05) is 0 Å². The molecule has 8 heteroatoms. The van der Waals surface area contributed by atoms with E-state index in [0.717, 1.165) is 5.56 Å². The van der Waals surface area contributed by atoms with E-state index in [0.29, 0.717) is 29.9 Å². The predicted molar refractivity (Wildman–Crippen MR) is 104 cm³/mol. The largest absolute Gasteiger partial charge is 0.326 e. The standard InChI is InChI=1S/C19H21N3O4S/c1-12(2)19(24)20-14-4-7-16(8-5-14)27(25,26)22-15-6-9-17-13(11-15)3-10-18(23)21-17/h4-9,11-12,22H,3,10H2,1-2H3,(H,20,24)(H,21,23). The third-order valence-corrected chi connectivity index (χ3v) is 5.61. The van der Waals surface area contributed by atoms with E-state index < -0.39 is 10.0 Å². The van der Waals surface area contributed by atoms with Crippen molar-refractivity contribution in [3.63, 3.8) is 0 Å². The molecule has 1 heterocycles. The van der Waals surface area contributed by atoms with Crippen LogP contribution in [0.3, 0.4) is 0 Å². The zero-order valence-corrected chi connectivity index (χ0v) is 15.9. The second-order valence-corrected chi connectivity index (χ2v) is 8.38. The fraction of sp³-hybridized carbons (Fsp3) is 0.263. The topological polar surface area (TPSA) is 104 Å². The Bertz CT molecular complexity index is 983. The second kappa shape index (κ2) is 7.40. The molecule has 0 saturated carbocycles. The van der Waals surface area contributed by atoms with Crippen LogP contribution in [-0.4, -0.2) is 20.2 Å². The Balaban J connectivity index is 1.75. The van der Waals surface area contributed by atoms with Gasteiger partial charge in [0.2, 0.25) is 11.8 Å². The van der Waals surface area contributed by atoms with Gasteiger partial charge < -0.3 is 10.6 Å². The van der Waals surface area contributed by atoms with Crippen molar-refractivity contribution in [1.82, 2.24) is 0 Å². The van der Waals surface area contributed by atoms with Crippen LogP contribution in [0.25, 0.3) is 0 Å². The molecule has 0 spiro atoms. The molecule has 0 bridgehead atoms. The van der Waals surface area contributed by atoms with Gasteiger partial charge in [-0.05, 0) is 54.4 Å². The van der Waals surface area contributed by atoms with Crippen LogP contribution in [0.15, 0.2) is 47.4 Å². The molecule has 1 aliphatic heterocycles. The summed E-state index contributed by atoms with van der Waals surface area (Å²) in [5.74, 6) is -0.339. The minimum atomic E-state index is -3.76. The fourth-order valence-corrected chi connectivity index (χ4v) is 3.71. The number of hydrogen-bond acceptors (Lipinski definition) is 4. The molecule has 7 nitrogen and oxygen atoms in total. The summed E-state index contributed by atoms with van der Waals surface area (Å²) < 4.78 is 27.7. The van der Waals surface area contributed by atoms with Gasteiger partial charge in [-0.15, -0.1) is 0 Å². The Morgan fingerprint density at radius 1 is 1.04 bits per heavy atom. The molecular formula is C19H21N3O4S. The molecule has 0 unspecified atom stereocenters. The van der Waals surface area contributed by atoms with Crippen molar-refractivity contribution in [2.75, 3.05) is 15.4 Å². The molecule has 3 N–H and O–H groups in total. The molecule has 2 aromatic rings. The van der Waals surface area contributed by atoms with Crippen molar-refractivity contribution >= 4 is 38.9 Å². The lowest BCUT2D eigenvalue weighted by atomic mass is 10.0. The first-order chi connectivity index (χ1) is 12.7. The van der Waals surface area contributed by atoms with Gasteiger partial charge in [-0.3, -0.25) is 14.3 Å². The molecule has 3 rings (SSSR count). The number of nitrogens with one attached hydrogen (secondary N) is 3. The van der Waals surface area contributed by atoms with E-state index in [9.17, 15) is 18.0 Å². The Kier molecular flexibility index (Phi) is 5.18. The van der Waals surface area contributed by atoms with Crippen molar-refractivity contribution in [1.29, 1.82) is 0 Å². The van der Waals surface area contributed by atoms with Crippen LogP contribution in [0.1, 0.15) is 25.8 Å². The summed E-state index contributed by atoms with van der Waals surface area (Å²) >= 11 is 0.